The number of nitrogens with zero attached hydrogens (tertiary/aromatic N) is 1. The van der Waals surface area contributed by atoms with Gasteiger partial charge in [0.2, 0.25) is 5.91 Å². The zero-order chi connectivity index (χ0) is 22.2. The van der Waals surface area contributed by atoms with Gasteiger partial charge in [0.15, 0.2) is 0 Å². The molecule has 31 heavy (non-hydrogen) atoms. The second-order valence-electron chi connectivity index (χ2n) is 7.82. The van der Waals surface area contributed by atoms with Crippen LogP contribution in [0.4, 0.5) is 0 Å². The Balaban J connectivity index is 1.73. The molecule has 0 unspecified atom stereocenters. The molecule has 0 aliphatic rings. The van der Waals surface area contributed by atoms with E-state index in [1.54, 1.807) is 14.2 Å². The van der Waals surface area contributed by atoms with E-state index in [9.17, 15) is 4.79 Å². The summed E-state index contributed by atoms with van der Waals surface area (Å²) in [5, 5.41) is 4.09. The van der Waals surface area contributed by atoms with Crippen LogP contribution >= 0.6 is 0 Å². The molecule has 2 aromatic carbocycles. The summed E-state index contributed by atoms with van der Waals surface area (Å²) < 4.78 is 18.5. The van der Waals surface area contributed by atoms with Crippen LogP contribution in [-0.4, -0.2) is 43.9 Å². The summed E-state index contributed by atoms with van der Waals surface area (Å²) in [5.41, 5.74) is 3.18. The molecule has 0 atom stereocenters. The summed E-state index contributed by atoms with van der Waals surface area (Å²) in [6.07, 6.45) is 3.44. The maximum absolute atomic E-state index is 12.5. The van der Waals surface area contributed by atoms with Crippen molar-refractivity contribution in [3.05, 3.63) is 59.8 Å². The molecule has 1 heterocycles. The quantitative estimate of drug-likeness (QED) is 0.469. The van der Waals surface area contributed by atoms with Crippen LogP contribution in [0.2, 0.25) is 0 Å². The van der Waals surface area contributed by atoms with E-state index in [0.29, 0.717) is 26.1 Å². The van der Waals surface area contributed by atoms with Crippen molar-refractivity contribution < 1.29 is 19.0 Å². The first-order chi connectivity index (χ1) is 15.0. The number of benzene rings is 2. The zero-order valence-electron chi connectivity index (χ0n) is 18.8. The smallest absolute Gasteiger partial charge is 0.224 e. The van der Waals surface area contributed by atoms with E-state index in [1.807, 2.05) is 44.2 Å². The van der Waals surface area contributed by atoms with Gasteiger partial charge in [-0.1, -0.05) is 18.2 Å². The Morgan fingerprint density at radius 1 is 1.06 bits per heavy atom. The highest BCUT2D eigenvalue weighted by Gasteiger charge is 2.13. The molecular formula is C25H32N2O4. The van der Waals surface area contributed by atoms with Crippen LogP contribution in [0.15, 0.2) is 48.7 Å². The molecule has 166 valence electrons. The van der Waals surface area contributed by atoms with E-state index in [2.05, 4.69) is 28.2 Å². The number of carbonyl (C=O) groups is 1. The molecule has 1 amide bonds. The van der Waals surface area contributed by atoms with Crippen LogP contribution in [0.3, 0.4) is 0 Å². The van der Waals surface area contributed by atoms with Crippen molar-refractivity contribution >= 4 is 16.8 Å². The average Bonchev–Trinajstić information content (AvgIpc) is 3.10. The second kappa shape index (κ2) is 10.9. The minimum atomic E-state index is 0.0236. The summed E-state index contributed by atoms with van der Waals surface area (Å²) in [7, 11) is 3.30. The number of ether oxygens (including phenoxy) is 3. The predicted molar refractivity (Wildman–Crippen MR) is 123 cm³/mol. The Kier molecular flexibility index (Phi) is 7.95. The van der Waals surface area contributed by atoms with Crippen molar-refractivity contribution in [2.75, 3.05) is 27.4 Å². The van der Waals surface area contributed by atoms with Gasteiger partial charge in [-0.15, -0.1) is 0 Å². The molecule has 3 aromatic rings. The summed E-state index contributed by atoms with van der Waals surface area (Å²) in [6, 6.07) is 14.0. The summed E-state index contributed by atoms with van der Waals surface area (Å²) in [4.78, 5) is 12.5. The maximum Gasteiger partial charge on any atom is 0.224 e. The van der Waals surface area contributed by atoms with Gasteiger partial charge in [0.25, 0.3) is 0 Å². The maximum atomic E-state index is 12.5. The molecule has 3 rings (SSSR count). The number of para-hydroxylation sites is 1. The normalized spacial score (nSPS) is 11.1. The van der Waals surface area contributed by atoms with Crippen molar-refractivity contribution in [1.82, 2.24) is 9.88 Å². The lowest BCUT2D eigenvalue weighted by Gasteiger charge is -2.10. The van der Waals surface area contributed by atoms with Gasteiger partial charge in [-0.3, -0.25) is 4.79 Å². The number of fused-ring (bicyclic) bond motifs is 1. The standard InChI is InChI=1S/C25H32N2O4/c1-18(2)31-11-7-10-26-25(28)14-20-17-27(24-9-6-5-8-23(20)24)16-19-12-21(29-3)15-22(13-19)30-4/h5-6,8-9,12-13,15,17-18H,7,10-11,14,16H2,1-4H3,(H,26,28). The first-order valence-corrected chi connectivity index (χ1v) is 10.7. The van der Waals surface area contributed by atoms with Gasteiger partial charge in [-0.05, 0) is 49.6 Å². The van der Waals surface area contributed by atoms with Gasteiger partial charge < -0.3 is 24.1 Å². The highest BCUT2D eigenvalue weighted by molar-refractivity contribution is 5.89. The lowest BCUT2D eigenvalue weighted by atomic mass is 10.1. The molecule has 1 N–H and O–H groups in total. The van der Waals surface area contributed by atoms with E-state index in [4.69, 9.17) is 14.2 Å². The Bertz CT molecular complexity index is 988. The predicted octanol–water partition coefficient (Wildman–Crippen LogP) is 4.18. The fourth-order valence-corrected chi connectivity index (χ4v) is 3.60. The van der Waals surface area contributed by atoms with Crippen LogP contribution in [0, 0.1) is 0 Å². The second-order valence-corrected chi connectivity index (χ2v) is 7.82. The Morgan fingerprint density at radius 2 is 1.77 bits per heavy atom. The molecule has 0 spiro atoms. The molecule has 0 saturated heterocycles. The zero-order valence-corrected chi connectivity index (χ0v) is 18.8. The largest absolute Gasteiger partial charge is 0.497 e. The Morgan fingerprint density at radius 3 is 2.45 bits per heavy atom. The molecular weight excluding hydrogens is 392 g/mol. The third-order valence-electron chi connectivity index (χ3n) is 5.08. The molecule has 6 heteroatoms. The van der Waals surface area contributed by atoms with Crippen LogP contribution < -0.4 is 14.8 Å². The van der Waals surface area contributed by atoms with Crippen LogP contribution in [0.25, 0.3) is 10.9 Å². The van der Waals surface area contributed by atoms with Crippen molar-refractivity contribution in [1.29, 1.82) is 0 Å². The highest BCUT2D eigenvalue weighted by Crippen LogP contribution is 2.26. The van der Waals surface area contributed by atoms with E-state index in [1.165, 1.54) is 0 Å². The fraction of sp³-hybridized carbons (Fsp3) is 0.400. The molecule has 0 saturated carbocycles. The summed E-state index contributed by atoms with van der Waals surface area (Å²) >= 11 is 0. The van der Waals surface area contributed by atoms with Gasteiger partial charge in [0, 0.05) is 42.9 Å². The number of nitrogens with one attached hydrogen (secondary N) is 1. The fourth-order valence-electron chi connectivity index (χ4n) is 3.60. The van der Waals surface area contributed by atoms with Gasteiger partial charge in [0.05, 0.1) is 26.7 Å². The first kappa shape index (κ1) is 22.7. The monoisotopic (exact) mass is 424 g/mol. The highest BCUT2D eigenvalue weighted by atomic mass is 16.5. The number of amides is 1. The van der Waals surface area contributed by atoms with Gasteiger partial charge in [0.1, 0.15) is 11.5 Å². The van der Waals surface area contributed by atoms with Crippen molar-refractivity contribution in [3.63, 3.8) is 0 Å². The summed E-state index contributed by atoms with van der Waals surface area (Å²) in [5.74, 6) is 1.54. The first-order valence-electron chi connectivity index (χ1n) is 10.7. The van der Waals surface area contributed by atoms with Gasteiger partial charge >= 0.3 is 0 Å². The van der Waals surface area contributed by atoms with Crippen molar-refractivity contribution in [2.24, 2.45) is 0 Å². The van der Waals surface area contributed by atoms with Crippen molar-refractivity contribution in [3.8, 4) is 11.5 Å². The Hall–Kier alpha value is -2.99. The number of hydrogen-bond acceptors (Lipinski definition) is 4. The molecule has 1 aromatic heterocycles. The molecule has 0 bridgehead atoms. The molecule has 0 radical (unpaired) electrons. The van der Waals surface area contributed by atoms with E-state index in [-0.39, 0.29) is 12.0 Å². The topological polar surface area (TPSA) is 61.7 Å². The summed E-state index contributed by atoms with van der Waals surface area (Å²) in [6.45, 7) is 5.95. The lowest BCUT2D eigenvalue weighted by Crippen LogP contribution is -2.27. The van der Waals surface area contributed by atoms with E-state index >= 15 is 0 Å². The SMILES string of the molecule is COc1cc(Cn2cc(CC(=O)NCCCOC(C)C)c3ccccc32)cc(OC)c1. The third-order valence-corrected chi connectivity index (χ3v) is 5.08. The molecule has 0 aliphatic carbocycles. The minimum absolute atomic E-state index is 0.0236. The van der Waals surface area contributed by atoms with Crippen LogP contribution in [-0.2, 0) is 22.5 Å². The number of rotatable bonds is 11. The van der Waals surface area contributed by atoms with E-state index < -0.39 is 0 Å². The molecule has 0 fully saturated rings. The van der Waals surface area contributed by atoms with Gasteiger partial charge in [-0.25, -0.2) is 0 Å². The van der Waals surface area contributed by atoms with E-state index in [0.717, 1.165) is 39.9 Å². The molecule has 0 aliphatic heterocycles. The molecule has 6 nitrogen and oxygen atoms in total. The van der Waals surface area contributed by atoms with Crippen LogP contribution in [0.1, 0.15) is 31.4 Å². The average molecular weight is 425 g/mol. The number of methoxy groups -OCH3 is 2. The van der Waals surface area contributed by atoms with Gasteiger partial charge in [-0.2, -0.15) is 0 Å². The van der Waals surface area contributed by atoms with Crippen molar-refractivity contribution in [2.45, 2.75) is 39.3 Å². The number of carbonyl (C=O) groups excluding carboxylic acids is 1. The van der Waals surface area contributed by atoms with Crippen LogP contribution in [0.5, 0.6) is 11.5 Å². The number of hydrogen-bond donors (Lipinski definition) is 1. The lowest BCUT2D eigenvalue weighted by molar-refractivity contribution is -0.120. The number of aromatic nitrogens is 1. The third kappa shape index (κ3) is 6.25. The Labute approximate surface area is 184 Å². The minimum Gasteiger partial charge on any atom is -0.497 e.